The summed E-state index contributed by atoms with van der Waals surface area (Å²) < 4.78 is 3.57. The van der Waals surface area contributed by atoms with E-state index in [1.165, 1.54) is 0 Å². The third kappa shape index (κ3) is 3.69. The fourth-order valence-electron chi connectivity index (χ4n) is 3.49. The summed E-state index contributed by atoms with van der Waals surface area (Å²) in [5.74, 6) is 0.696. The maximum atomic E-state index is 13.5. The first-order chi connectivity index (χ1) is 14.1. The lowest BCUT2D eigenvalue weighted by Gasteiger charge is -2.19. The number of benzene rings is 2. The number of anilines is 1. The van der Waals surface area contributed by atoms with Crippen LogP contribution in [0.15, 0.2) is 83.8 Å². The Balaban J connectivity index is 1.89. The van der Waals surface area contributed by atoms with E-state index in [9.17, 15) is 4.79 Å². The van der Waals surface area contributed by atoms with E-state index in [0.717, 1.165) is 16.9 Å². The molecule has 2 heterocycles. The van der Waals surface area contributed by atoms with Crippen LogP contribution in [0.25, 0.3) is 5.69 Å². The number of hydrogen-bond donors (Lipinski definition) is 1. The Morgan fingerprint density at radius 3 is 2.31 bits per heavy atom. The van der Waals surface area contributed by atoms with Crippen LogP contribution < -0.4 is 10.9 Å². The molecule has 4 aromatic rings. The largest absolute Gasteiger partial charge is 0.359 e. The van der Waals surface area contributed by atoms with E-state index in [0.29, 0.717) is 16.4 Å². The van der Waals surface area contributed by atoms with E-state index in [-0.39, 0.29) is 11.6 Å². The maximum absolute atomic E-state index is 13.5. The minimum Gasteiger partial charge on any atom is -0.359 e. The Hall–Kier alpha value is -3.31. The summed E-state index contributed by atoms with van der Waals surface area (Å²) in [6, 6.07) is 22.4. The van der Waals surface area contributed by atoms with E-state index in [2.05, 4.69) is 10.3 Å². The Kier molecular flexibility index (Phi) is 5.23. The molecule has 0 amide bonds. The van der Waals surface area contributed by atoms with E-state index < -0.39 is 0 Å². The molecule has 5 nitrogen and oxygen atoms in total. The summed E-state index contributed by atoms with van der Waals surface area (Å²) in [6.07, 6.45) is 1.72. The zero-order valence-electron chi connectivity index (χ0n) is 16.2. The quantitative estimate of drug-likeness (QED) is 0.523. The summed E-state index contributed by atoms with van der Waals surface area (Å²) >= 11 is 6.09. The van der Waals surface area contributed by atoms with Crippen molar-refractivity contribution >= 4 is 17.4 Å². The summed E-state index contributed by atoms with van der Waals surface area (Å²) in [5, 5.41) is 4.07. The molecule has 4 rings (SSSR count). The zero-order valence-corrected chi connectivity index (χ0v) is 17.0. The zero-order chi connectivity index (χ0) is 20.4. The van der Waals surface area contributed by atoms with Gasteiger partial charge in [-0.25, -0.2) is 9.67 Å². The SMILES string of the molecule is Cc1c([C@H](Nc2ccccn2)c2ccc(Cl)cc2)c(=O)n(-c2ccccc2)n1C. The van der Waals surface area contributed by atoms with Crippen LogP contribution in [0, 0.1) is 6.92 Å². The summed E-state index contributed by atoms with van der Waals surface area (Å²) in [4.78, 5) is 17.9. The monoisotopic (exact) mass is 404 g/mol. The molecule has 0 unspecified atom stereocenters. The molecule has 0 spiro atoms. The highest BCUT2D eigenvalue weighted by Gasteiger charge is 2.25. The molecule has 146 valence electrons. The Bertz CT molecular complexity index is 1170. The number of aromatic nitrogens is 3. The predicted octanol–water partition coefficient (Wildman–Crippen LogP) is 4.73. The molecular formula is C23H21ClN4O. The predicted molar refractivity (Wildman–Crippen MR) is 117 cm³/mol. The Morgan fingerprint density at radius 1 is 0.966 bits per heavy atom. The second kappa shape index (κ2) is 7.97. The maximum Gasteiger partial charge on any atom is 0.277 e. The molecule has 0 aliphatic rings. The van der Waals surface area contributed by atoms with Crippen molar-refractivity contribution in [1.29, 1.82) is 0 Å². The molecule has 0 saturated heterocycles. The highest BCUT2D eigenvalue weighted by atomic mass is 35.5. The number of pyridine rings is 1. The number of nitrogens with zero attached hydrogens (tertiary/aromatic N) is 3. The molecule has 0 aliphatic heterocycles. The van der Waals surface area contributed by atoms with Crippen LogP contribution in [0.5, 0.6) is 0 Å². The lowest BCUT2D eigenvalue weighted by molar-refractivity contribution is 0.630. The van der Waals surface area contributed by atoms with Gasteiger partial charge in [-0.05, 0) is 48.9 Å². The van der Waals surface area contributed by atoms with Crippen LogP contribution >= 0.6 is 11.6 Å². The summed E-state index contributed by atoms with van der Waals surface area (Å²) in [5.41, 5.74) is 3.24. The topological polar surface area (TPSA) is 51.9 Å². The van der Waals surface area contributed by atoms with E-state index >= 15 is 0 Å². The third-order valence-corrected chi connectivity index (χ3v) is 5.30. The highest BCUT2D eigenvalue weighted by molar-refractivity contribution is 6.30. The van der Waals surface area contributed by atoms with Gasteiger partial charge >= 0.3 is 0 Å². The minimum atomic E-state index is -0.370. The van der Waals surface area contributed by atoms with Crippen molar-refractivity contribution in [3.63, 3.8) is 0 Å². The molecule has 29 heavy (non-hydrogen) atoms. The molecule has 6 heteroatoms. The average molecular weight is 405 g/mol. The molecule has 0 saturated carbocycles. The molecule has 0 fully saturated rings. The third-order valence-electron chi connectivity index (χ3n) is 5.05. The van der Waals surface area contributed by atoms with E-state index in [1.54, 1.807) is 10.9 Å². The summed E-state index contributed by atoms with van der Waals surface area (Å²) in [6.45, 7) is 1.96. The van der Waals surface area contributed by atoms with Crippen molar-refractivity contribution < 1.29 is 0 Å². The van der Waals surface area contributed by atoms with Gasteiger partial charge in [-0.1, -0.05) is 48.0 Å². The number of rotatable bonds is 5. The lowest BCUT2D eigenvalue weighted by Crippen LogP contribution is -2.25. The van der Waals surface area contributed by atoms with Crippen molar-refractivity contribution in [3.05, 3.63) is 111 Å². The lowest BCUT2D eigenvalue weighted by atomic mass is 9.99. The highest BCUT2D eigenvalue weighted by Crippen LogP contribution is 2.28. The molecule has 1 atom stereocenters. The van der Waals surface area contributed by atoms with Crippen LogP contribution in [0.1, 0.15) is 22.9 Å². The first-order valence-electron chi connectivity index (χ1n) is 9.33. The standard InChI is InChI=1S/C23H21ClN4O/c1-16-21(23(29)28(27(16)2)19-8-4-3-5-9-19)22(17-11-13-18(24)14-12-17)26-20-10-6-7-15-25-20/h3-15,22H,1-2H3,(H,25,26)/t22-/m1/s1. The van der Waals surface area contributed by atoms with Crippen LogP contribution in [-0.4, -0.2) is 14.3 Å². The minimum absolute atomic E-state index is 0.0698. The second-order valence-electron chi connectivity index (χ2n) is 6.82. The molecule has 2 aromatic heterocycles. The van der Waals surface area contributed by atoms with Gasteiger partial charge in [0.2, 0.25) is 0 Å². The van der Waals surface area contributed by atoms with Crippen LogP contribution in [0.3, 0.4) is 0 Å². The van der Waals surface area contributed by atoms with Crippen LogP contribution in [0.4, 0.5) is 5.82 Å². The fraction of sp³-hybridized carbons (Fsp3) is 0.130. The number of hydrogen-bond acceptors (Lipinski definition) is 3. The molecular weight excluding hydrogens is 384 g/mol. The van der Waals surface area contributed by atoms with Gasteiger partial charge in [0, 0.05) is 24.0 Å². The van der Waals surface area contributed by atoms with Crippen molar-refractivity contribution in [2.24, 2.45) is 7.05 Å². The van der Waals surface area contributed by atoms with Crippen molar-refractivity contribution in [2.45, 2.75) is 13.0 Å². The van der Waals surface area contributed by atoms with Gasteiger partial charge in [-0.3, -0.25) is 9.48 Å². The van der Waals surface area contributed by atoms with Crippen LogP contribution in [-0.2, 0) is 7.05 Å². The summed E-state index contributed by atoms with van der Waals surface area (Å²) in [7, 11) is 1.90. The molecule has 0 bridgehead atoms. The van der Waals surface area contributed by atoms with Gasteiger partial charge in [-0.15, -0.1) is 0 Å². The molecule has 0 radical (unpaired) electrons. The van der Waals surface area contributed by atoms with E-state index in [1.807, 2.05) is 91.4 Å². The number of para-hydroxylation sites is 1. The number of nitrogens with one attached hydrogen (secondary N) is 1. The van der Waals surface area contributed by atoms with Gasteiger partial charge in [-0.2, -0.15) is 0 Å². The van der Waals surface area contributed by atoms with Crippen molar-refractivity contribution in [1.82, 2.24) is 14.3 Å². The Morgan fingerprint density at radius 2 is 1.66 bits per heavy atom. The van der Waals surface area contributed by atoms with Gasteiger partial charge in [0.25, 0.3) is 5.56 Å². The van der Waals surface area contributed by atoms with E-state index in [4.69, 9.17) is 11.6 Å². The second-order valence-corrected chi connectivity index (χ2v) is 7.26. The van der Waals surface area contributed by atoms with Crippen LogP contribution in [0.2, 0.25) is 5.02 Å². The van der Waals surface area contributed by atoms with Gasteiger partial charge in [0.15, 0.2) is 0 Å². The molecule has 1 N–H and O–H groups in total. The molecule has 2 aromatic carbocycles. The van der Waals surface area contributed by atoms with Crippen molar-refractivity contribution in [3.8, 4) is 5.69 Å². The first kappa shape index (κ1) is 19.0. The van der Waals surface area contributed by atoms with Crippen molar-refractivity contribution in [2.75, 3.05) is 5.32 Å². The smallest absolute Gasteiger partial charge is 0.277 e. The fourth-order valence-corrected chi connectivity index (χ4v) is 3.62. The Labute approximate surface area is 174 Å². The van der Waals surface area contributed by atoms with Gasteiger partial charge < -0.3 is 5.32 Å². The van der Waals surface area contributed by atoms with Gasteiger partial charge in [0.05, 0.1) is 17.3 Å². The molecule has 0 aliphatic carbocycles. The average Bonchev–Trinajstić information content (AvgIpc) is 2.97. The first-order valence-corrected chi connectivity index (χ1v) is 9.71. The normalized spacial score (nSPS) is 12.0. The number of halogens is 1. The van der Waals surface area contributed by atoms with Gasteiger partial charge in [0.1, 0.15) is 5.82 Å².